The van der Waals surface area contributed by atoms with Gasteiger partial charge in [-0.1, -0.05) is 6.92 Å². The van der Waals surface area contributed by atoms with Crippen LogP contribution in [-0.2, 0) is 6.54 Å². The van der Waals surface area contributed by atoms with Crippen LogP contribution in [0.1, 0.15) is 13.3 Å². The maximum Gasteiger partial charge on any atom is 0.207 e. The van der Waals surface area contributed by atoms with Gasteiger partial charge in [0.25, 0.3) is 0 Å². The third-order valence-electron chi connectivity index (χ3n) is 2.30. The zero-order valence-corrected chi connectivity index (χ0v) is 9.45. The molecule has 2 rings (SSSR count). The largest absolute Gasteiger partial charge is 0.325 e. The molecule has 1 aromatic heterocycles. The van der Waals surface area contributed by atoms with E-state index in [9.17, 15) is 8.78 Å². The van der Waals surface area contributed by atoms with E-state index >= 15 is 0 Å². The summed E-state index contributed by atoms with van der Waals surface area (Å²) in [5.41, 5.74) is 0.353. The fourth-order valence-electron chi connectivity index (χ4n) is 1.61. The lowest BCUT2D eigenvalue weighted by molar-refractivity contribution is 0.584. The Hall–Kier alpha value is -1.91. The van der Waals surface area contributed by atoms with Crippen LogP contribution in [-0.4, -0.2) is 9.55 Å². The second-order valence-corrected chi connectivity index (χ2v) is 3.73. The second-order valence-electron chi connectivity index (χ2n) is 3.73. The van der Waals surface area contributed by atoms with Gasteiger partial charge in [-0.05, 0) is 18.6 Å². The van der Waals surface area contributed by atoms with Gasteiger partial charge >= 0.3 is 0 Å². The number of hydrogen-bond donors (Lipinski definition) is 1. The molecule has 0 unspecified atom stereocenters. The minimum Gasteiger partial charge on any atom is -0.325 e. The van der Waals surface area contributed by atoms with Crippen LogP contribution in [0, 0.1) is 11.6 Å². The van der Waals surface area contributed by atoms with E-state index in [1.807, 2.05) is 17.7 Å². The van der Waals surface area contributed by atoms with Crippen LogP contribution in [0.3, 0.4) is 0 Å². The predicted octanol–water partition coefficient (Wildman–Crippen LogP) is 3.31. The molecule has 0 atom stereocenters. The van der Waals surface area contributed by atoms with E-state index in [1.165, 1.54) is 12.1 Å². The molecule has 1 aromatic carbocycles. The third kappa shape index (κ3) is 2.81. The topological polar surface area (TPSA) is 29.9 Å². The number of aryl methyl sites for hydroxylation is 1. The number of nitrogens with one attached hydrogen (secondary N) is 1. The summed E-state index contributed by atoms with van der Waals surface area (Å²) in [4.78, 5) is 4.10. The van der Waals surface area contributed by atoms with Gasteiger partial charge in [0.2, 0.25) is 5.95 Å². The highest BCUT2D eigenvalue weighted by Crippen LogP contribution is 2.18. The summed E-state index contributed by atoms with van der Waals surface area (Å²) in [7, 11) is 0. The first-order valence-corrected chi connectivity index (χ1v) is 5.43. The molecule has 0 saturated heterocycles. The van der Waals surface area contributed by atoms with E-state index in [0.717, 1.165) is 19.0 Å². The lowest BCUT2D eigenvalue weighted by Gasteiger charge is -2.08. The molecule has 17 heavy (non-hydrogen) atoms. The van der Waals surface area contributed by atoms with Crippen molar-refractivity contribution in [2.75, 3.05) is 5.32 Å². The summed E-state index contributed by atoms with van der Waals surface area (Å²) in [6.07, 6.45) is 4.43. The van der Waals surface area contributed by atoms with Gasteiger partial charge in [0.15, 0.2) is 0 Å². The number of hydrogen-bond acceptors (Lipinski definition) is 2. The Morgan fingerprint density at radius 3 is 2.59 bits per heavy atom. The Bertz CT molecular complexity index is 488. The van der Waals surface area contributed by atoms with Crippen molar-refractivity contribution >= 4 is 11.6 Å². The number of anilines is 2. The summed E-state index contributed by atoms with van der Waals surface area (Å²) in [6, 6.07) is 3.30. The summed E-state index contributed by atoms with van der Waals surface area (Å²) >= 11 is 0. The minimum atomic E-state index is -0.610. The van der Waals surface area contributed by atoms with Gasteiger partial charge in [-0.15, -0.1) is 0 Å². The van der Waals surface area contributed by atoms with Crippen LogP contribution < -0.4 is 5.32 Å². The van der Waals surface area contributed by atoms with Crippen molar-refractivity contribution < 1.29 is 8.78 Å². The van der Waals surface area contributed by atoms with Crippen LogP contribution >= 0.6 is 0 Å². The fourth-order valence-corrected chi connectivity index (χ4v) is 1.61. The van der Waals surface area contributed by atoms with Gasteiger partial charge in [0.05, 0.1) is 0 Å². The summed E-state index contributed by atoms with van der Waals surface area (Å²) < 4.78 is 27.9. The number of nitrogens with zero attached hydrogens (tertiary/aromatic N) is 2. The Kier molecular flexibility index (Phi) is 3.37. The Balaban J connectivity index is 2.22. The van der Waals surface area contributed by atoms with Crippen LogP contribution in [0.25, 0.3) is 0 Å². The van der Waals surface area contributed by atoms with Crippen molar-refractivity contribution in [2.45, 2.75) is 19.9 Å². The normalized spacial score (nSPS) is 10.5. The highest BCUT2D eigenvalue weighted by atomic mass is 19.1. The van der Waals surface area contributed by atoms with Crippen LogP contribution in [0.4, 0.5) is 20.4 Å². The molecule has 90 valence electrons. The number of aromatic nitrogens is 2. The zero-order chi connectivity index (χ0) is 12.3. The summed E-state index contributed by atoms with van der Waals surface area (Å²) in [6.45, 7) is 2.85. The summed E-state index contributed by atoms with van der Waals surface area (Å²) in [5, 5.41) is 2.89. The maximum atomic E-state index is 13.0. The van der Waals surface area contributed by atoms with E-state index < -0.39 is 11.6 Å². The molecule has 5 heteroatoms. The van der Waals surface area contributed by atoms with Crippen LogP contribution in [0.2, 0.25) is 0 Å². The Morgan fingerprint density at radius 1 is 1.24 bits per heavy atom. The lowest BCUT2D eigenvalue weighted by atomic mass is 10.3. The highest BCUT2D eigenvalue weighted by molar-refractivity contribution is 5.53. The number of imidazole rings is 1. The van der Waals surface area contributed by atoms with Crippen LogP contribution in [0.15, 0.2) is 30.6 Å². The summed E-state index contributed by atoms with van der Waals surface area (Å²) in [5.74, 6) is -0.640. The first-order valence-electron chi connectivity index (χ1n) is 5.43. The van der Waals surface area contributed by atoms with Crippen molar-refractivity contribution in [3.8, 4) is 0 Å². The molecular weight excluding hydrogens is 224 g/mol. The van der Waals surface area contributed by atoms with E-state index in [1.54, 1.807) is 6.20 Å². The Labute approximate surface area is 98.1 Å². The highest BCUT2D eigenvalue weighted by Gasteiger charge is 2.05. The quantitative estimate of drug-likeness (QED) is 0.884. The monoisotopic (exact) mass is 237 g/mol. The van der Waals surface area contributed by atoms with Crippen molar-refractivity contribution in [1.82, 2.24) is 9.55 Å². The van der Waals surface area contributed by atoms with Gasteiger partial charge in [0.1, 0.15) is 11.6 Å². The molecule has 0 radical (unpaired) electrons. The van der Waals surface area contributed by atoms with E-state index in [0.29, 0.717) is 11.6 Å². The molecule has 0 fully saturated rings. The zero-order valence-electron chi connectivity index (χ0n) is 9.45. The Morgan fingerprint density at radius 2 is 1.94 bits per heavy atom. The van der Waals surface area contributed by atoms with Gasteiger partial charge in [-0.3, -0.25) is 0 Å². The molecule has 0 aliphatic rings. The first-order chi connectivity index (χ1) is 8.19. The third-order valence-corrected chi connectivity index (χ3v) is 2.30. The smallest absolute Gasteiger partial charge is 0.207 e. The molecular formula is C12H13F2N3. The van der Waals surface area contributed by atoms with Crippen molar-refractivity contribution in [3.63, 3.8) is 0 Å². The van der Waals surface area contributed by atoms with E-state index in [-0.39, 0.29) is 0 Å². The standard InChI is InChI=1S/C12H13F2N3/c1-2-4-17-5-3-15-12(17)16-11-7-9(13)6-10(14)8-11/h3,5-8H,2,4H2,1H3,(H,15,16). The van der Waals surface area contributed by atoms with E-state index in [2.05, 4.69) is 10.3 Å². The fraction of sp³-hybridized carbons (Fsp3) is 0.250. The number of halogens is 2. The molecule has 0 aliphatic carbocycles. The van der Waals surface area contributed by atoms with Crippen molar-refractivity contribution in [1.29, 1.82) is 0 Å². The molecule has 1 heterocycles. The second kappa shape index (κ2) is 4.95. The molecule has 0 bridgehead atoms. The van der Waals surface area contributed by atoms with Gasteiger partial charge in [-0.2, -0.15) is 0 Å². The molecule has 0 aliphatic heterocycles. The molecule has 2 aromatic rings. The van der Waals surface area contributed by atoms with Crippen molar-refractivity contribution in [3.05, 3.63) is 42.2 Å². The SMILES string of the molecule is CCCn1ccnc1Nc1cc(F)cc(F)c1. The van der Waals surface area contributed by atoms with Crippen molar-refractivity contribution in [2.24, 2.45) is 0 Å². The van der Waals surface area contributed by atoms with Gasteiger partial charge < -0.3 is 9.88 Å². The lowest BCUT2D eigenvalue weighted by Crippen LogP contribution is -2.03. The maximum absolute atomic E-state index is 13.0. The average Bonchev–Trinajstić information content (AvgIpc) is 2.65. The first kappa shape index (κ1) is 11.6. The molecule has 1 N–H and O–H groups in total. The minimum absolute atomic E-state index is 0.353. The molecule has 0 spiro atoms. The van der Waals surface area contributed by atoms with Gasteiger partial charge in [0, 0.05) is 30.7 Å². The van der Waals surface area contributed by atoms with E-state index in [4.69, 9.17) is 0 Å². The predicted molar refractivity (Wildman–Crippen MR) is 62.2 cm³/mol. The number of rotatable bonds is 4. The number of benzene rings is 1. The van der Waals surface area contributed by atoms with Gasteiger partial charge in [-0.25, -0.2) is 13.8 Å². The average molecular weight is 237 g/mol. The molecule has 3 nitrogen and oxygen atoms in total. The molecule has 0 amide bonds. The molecule has 0 saturated carbocycles. The van der Waals surface area contributed by atoms with Crippen LogP contribution in [0.5, 0.6) is 0 Å².